The molecule has 0 aromatic rings. The minimum atomic E-state index is -0.991. The highest BCUT2D eigenvalue weighted by Gasteiger charge is 2.22. The van der Waals surface area contributed by atoms with Crippen molar-refractivity contribution in [2.24, 2.45) is 11.1 Å². The van der Waals surface area contributed by atoms with Crippen molar-refractivity contribution in [1.29, 1.82) is 0 Å². The van der Waals surface area contributed by atoms with Crippen LogP contribution in [0.2, 0.25) is 0 Å². The maximum absolute atomic E-state index is 11.7. The van der Waals surface area contributed by atoms with Gasteiger partial charge in [0.2, 0.25) is 5.91 Å². The maximum atomic E-state index is 11.7. The molecular formula is C13H26N2O3. The number of carbonyl (C=O) groups excluding carboxylic acids is 1. The fourth-order valence-electron chi connectivity index (χ4n) is 1.90. The van der Waals surface area contributed by atoms with Crippen LogP contribution >= 0.6 is 0 Å². The van der Waals surface area contributed by atoms with Crippen LogP contribution < -0.4 is 11.1 Å². The molecule has 0 aliphatic carbocycles. The van der Waals surface area contributed by atoms with Gasteiger partial charge in [0, 0.05) is 12.5 Å². The summed E-state index contributed by atoms with van der Waals surface area (Å²) < 4.78 is 0. The van der Waals surface area contributed by atoms with Gasteiger partial charge in [-0.1, -0.05) is 34.1 Å². The van der Waals surface area contributed by atoms with E-state index < -0.39 is 12.0 Å². The number of rotatable bonds is 7. The van der Waals surface area contributed by atoms with Gasteiger partial charge in [0.05, 0.1) is 0 Å². The van der Waals surface area contributed by atoms with Gasteiger partial charge in [-0.05, 0) is 18.3 Å². The van der Waals surface area contributed by atoms with Crippen LogP contribution in [-0.4, -0.2) is 29.1 Å². The lowest BCUT2D eigenvalue weighted by Crippen LogP contribution is -2.43. The molecule has 0 rings (SSSR count). The Bertz CT molecular complexity index is 284. The molecule has 106 valence electrons. The first-order chi connectivity index (χ1) is 8.15. The number of nitrogens with two attached hydrogens (primary N) is 1. The monoisotopic (exact) mass is 258 g/mol. The van der Waals surface area contributed by atoms with E-state index in [0.717, 1.165) is 6.42 Å². The molecule has 5 nitrogen and oxygen atoms in total. The first-order valence-corrected chi connectivity index (χ1v) is 6.43. The molecule has 0 saturated heterocycles. The Morgan fingerprint density at radius 3 is 2.28 bits per heavy atom. The summed E-state index contributed by atoms with van der Waals surface area (Å²) in [4.78, 5) is 22.6. The lowest BCUT2D eigenvalue weighted by atomic mass is 9.87. The molecule has 0 aromatic carbocycles. The number of carboxylic acids is 1. The third-order valence-corrected chi connectivity index (χ3v) is 2.53. The highest BCUT2D eigenvalue weighted by molar-refractivity contribution is 5.83. The molecular weight excluding hydrogens is 232 g/mol. The summed E-state index contributed by atoms with van der Waals surface area (Å²) in [6, 6.07) is -1.04. The molecule has 0 radical (unpaired) electrons. The van der Waals surface area contributed by atoms with Crippen LogP contribution in [0.25, 0.3) is 0 Å². The molecule has 0 aromatic heterocycles. The predicted octanol–water partition coefficient (Wildman–Crippen LogP) is 1.51. The second-order valence-electron chi connectivity index (χ2n) is 5.98. The average molecular weight is 258 g/mol. The lowest BCUT2D eigenvalue weighted by molar-refractivity contribution is -0.142. The third-order valence-electron chi connectivity index (χ3n) is 2.53. The molecule has 0 heterocycles. The van der Waals surface area contributed by atoms with Crippen molar-refractivity contribution in [2.45, 2.75) is 65.5 Å². The van der Waals surface area contributed by atoms with E-state index in [-0.39, 0.29) is 23.8 Å². The highest BCUT2D eigenvalue weighted by Crippen LogP contribution is 2.20. The molecule has 0 aliphatic heterocycles. The summed E-state index contributed by atoms with van der Waals surface area (Å²) >= 11 is 0. The Hall–Kier alpha value is -1.10. The van der Waals surface area contributed by atoms with Crippen molar-refractivity contribution in [3.63, 3.8) is 0 Å². The van der Waals surface area contributed by atoms with Crippen molar-refractivity contribution in [1.82, 2.24) is 5.32 Å². The fraction of sp³-hybridized carbons (Fsp3) is 0.846. The van der Waals surface area contributed by atoms with Gasteiger partial charge in [-0.3, -0.25) is 4.79 Å². The van der Waals surface area contributed by atoms with E-state index in [4.69, 9.17) is 10.8 Å². The molecule has 18 heavy (non-hydrogen) atoms. The Morgan fingerprint density at radius 2 is 1.89 bits per heavy atom. The van der Waals surface area contributed by atoms with E-state index in [1.807, 2.05) is 6.92 Å². The summed E-state index contributed by atoms with van der Waals surface area (Å²) in [6.07, 6.45) is 2.05. The predicted molar refractivity (Wildman–Crippen MR) is 71.1 cm³/mol. The van der Waals surface area contributed by atoms with Gasteiger partial charge >= 0.3 is 5.97 Å². The van der Waals surface area contributed by atoms with Crippen LogP contribution in [0.5, 0.6) is 0 Å². The van der Waals surface area contributed by atoms with E-state index in [9.17, 15) is 9.59 Å². The zero-order valence-electron chi connectivity index (χ0n) is 11.8. The Labute approximate surface area is 109 Å². The molecule has 5 heteroatoms. The van der Waals surface area contributed by atoms with Crippen molar-refractivity contribution >= 4 is 11.9 Å². The fourth-order valence-corrected chi connectivity index (χ4v) is 1.90. The van der Waals surface area contributed by atoms with Gasteiger partial charge in [-0.15, -0.1) is 0 Å². The molecule has 0 fully saturated rings. The van der Waals surface area contributed by atoms with Crippen LogP contribution in [0.15, 0.2) is 0 Å². The van der Waals surface area contributed by atoms with Crippen molar-refractivity contribution in [3.8, 4) is 0 Å². The zero-order valence-corrected chi connectivity index (χ0v) is 11.8. The third kappa shape index (κ3) is 8.06. The Kier molecular flexibility index (Phi) is 6.91. The number of carbonyl (C=O) groups is 2. The number of nitrogens with one attached hydrogen (secondary N) is 1. The van der Waals surface area contributed by atoms with E-state index in [0.29, 0.717) is 12.8 Å². The second-order valence-corrected chi connectivity index (χ2v) is 5.98. The number of amides is 1. The minimum Gasteiger partial charge on any atom is -0.480 e. The van der Waals surface area contributed by atoms with Crippen LogP contribution in [0.4, 0.5) is 0 Å². The quantitative estimate of drug-likeness (QED) is 0.645. The lowest BCUT2D eigenvalue weighted by Gasteiger charge is -2.23. The summed E-state index contributed by atoms with van der Waals surface area (Å²) in [7, 11) is 0. The first kappa shape index (κ1) is 16.9. The van der Waals surface area contributed by atoms with Crippen LogP contribution in [0.1, 0.15) is 53.4 Å². The van der Waals surface area contributed by atoms with Gasteiger partial charge in [0.25, 0.3) is 0 Å². The van der Waals surface area contributed by atoms with E-state index >= 15 is 0 Å². The summed E-state index contributed by atoms with van der Waals surface area (Å²) in [5.41, 5.74) is 5.94. The number of aliphatic carboxylic acids is 1. The van der Waals surface area contributed by atoms with E-state index in [2.05, 4.69) is 26.1 Å². The molecule has 0 spiro atoms. The van der Waals surface area contributed by atoms with Gasteiger partial charge in [-0.25, -0.2) is 4.79 Å². The molecule has 4 N–H and O–H groups in total. The number of carboxylic acid groups (broad SMARTS) is 1. The van der Waals surface area contributed by atoms with E-state index in [1.165, 1.54) is 0 Å². The van der Waals surface area contributed by atoms with Crippen molar-refractivity contribution < 1.29 is 14.7 Å². The van der Waals surface area contributed by atoms with E-state index in [1.54, 1.807) is 0 Å². The molecule has 1 unspecified atom stereocenters. The van der Waals surface area contributed by atoms with Gasteiger partial charge < -0.3 is 16.2 Å². The van der Waals surface area contributed by atoms with Crippen LogP contribution in [0, 0.1) is 5.41 Å². The molecule has 1 amide bonds. The summed E-state index contributed by atoms with van der Waals surface area (Å²) in [5.74, 6) is -1.28. The maximum Gasteiger partial charge on any atom is 0.326 e. The summed E-state index contributed by atoms with van der Waals surface area (Å²) in [5, 5.41) is 11.4. The molecule has 0 aliphatic rings. The number of hydrogen-bond donors (Lipinski definition) is 3. The Balaban J connectivity index is 4.20. The van der Waals surface area contributed by atoms with Crippen LogP contribution in [0.3, 0.4) is 0 Å². The SMILES string of the molecule is CCC[C@@H](NC(=O)CC(N)CC(C)(C)C)C(=O)O. The van der Waals surface area contributed by atoms with Crippen molar-refractivity contribution in [2.75, 3.05) is 0 Å². The topological polar surface area (TPSA) is 92.4 Å². The smallest absolute Gasteiger partial charge is 0.326 e. The average Bonchev–Trinajstić information content (AvgIpc) is 2.13. The highest BCUT2D eigenvalue weighted by atomic mass is 16.4. The zero-order chi connectivity index (χ0) is 14.3. The first-order valence-electron chi connectivity index (χ1n) is 6.43. The van der Waals surface area contributed by atoms with Crippen molar-refractivity contribution in [3.05, 3.63) is 0 Å². The van der Waals surface area contributed by atoms with Crippen LogP contribution in [-0.2, 0) is 9.59 Å². The molecule has 2 atom stereocenters. The van der Waals surface area contributed by atoms with Gasteiger partial charge in [0.1, 0.15) is 6.04 Å². The van der Waals surface area contributed by atoms with Gasteiger partial charge in [-0.2, -0.15) is 0 Å². The normalized spacial score (nSPS) is 14.9. The molecule has 0 saturated carbocycles. The Morgan fingerprint density at radius 1 is 1.33 bits per heavy atom. The minimum absolute atomic E-state index is 0.0648. The largest absolute Gasteiger partial charge is 0.480 e. The van der Waals surface area contributed by atoms with Gasteiger partial charge in [0.15, 0.2) is 0 Å². The number of hydrogen-bond acceptors (Lipinski definition) is 3. The molecule has 0 bridgehead atoms. The standard InChI is InChI=1S/C13H26N2O3/c1-5-6-10(12(17)18)15-11(16)7-9(14)8-13(2,3)4/h9-10H,5-8,14H2,1-4H3,(H,15,16)(H,17,18)/t9?,10-/m1/s1. The second kappa shape index (κ2) is 7.36. The summed E-state index contributed by atoms with van der Waals surface area (Å²) in [6.45, 7) is 8.05.